The molecule has 0 unspecified atom stereocenters. The minimum atomic E-state index is 0.0215. The van der Waals surface area contributed by atoms with Crippen molar-refractivity contribution in [3.63, 3.8) is 0 Å². The fourth-order valence-corrected chi connectivity index (χ4v) is 4.30. The molecule has 1 N–H and O–H groups in total. The van der Waals surface area contributed by atoms with Crippen molar-refractivity contribution in [2.45, 2.75) is 38.6 Å². The first-order valence-corrected chi connectivity index (χ1v) is 8.65. The van der Waals surface area contributed by atoms with Gasteiger partial charge in [-0.15, -0.1) is 0 Å². The van der Waals surface area contributed by atoms with E-state index < -0.39 is 0 Å². The number of amides is 1. The zero-order valence-electron chi connectivity index (χ0n) is 12.4. The average Bonchev–Trinajstić information content (AvgIpc) is 3.09. The highest BCUT2D eigenvalue weighted by Crippen LogP contribution is 2.49. The summed E-state index contributed by atoms with van der Waals surface area (Å²) in [6, 6.07) is 8.24. The number of carbonyl (C=O) groups excluding carboxylic acids is 1. The van der Waals surface area contributed by atoms with Crippen molar-refractivity contribution in [1.82, 2.24) is 5.32 Å². The smallest absolute Gasteiger partial charge is 0.244 e. The fraction of sp³-hybridized carbons (Fsp3) is 0.500. The van der Waals surface area contributed by atoms with E-state index in [2.05, 4.69) is 28.2 Å². The summed E-state index contributed by atoms with van der Waals surface area (Å²) >= 11 is 3.41. The topological polar surface area (TPSA) is 29.1 Å². The van der Waals surface area contributed by atoms with E-state index in [1.54, 1.807) is 6.08 Å². The normalized spacial score (nSPS) is 29.0. The standard InChI is InChI=1S/C18H22BrNO/c1-12(17-11-14-2-6-15(17)10-14)20-18(21)9-5-13-3-7-16(19)8-4-13/h3-5,7-9,12,14-15,17H,2,6,10-11H2,1H3,(H,20,21)/b9-5+/t12-,14-,15-,17+/m0/s1. The van der Waals surface area contributed by atoms with Gasteiger partial charge in [0.05, 0.1) is 0 Å². The van der Waals surface area contributed by atoms with Crippen LogP contribution in [-0.2, 0) is 4.79 Å². The Balaban J connectivity index is 1.53. The Morgan fingerprint density at radius 2 is 2.05 bits per heavy atom. The van der Waals surface area contributed by atoms with E-state index in [4.69, 9.17) is 0 Å². The SMILES string of the molecule is C[C@H](NC(=O)/C=C/c1ccc(Br)cc1)[C@H]1C[C@H]2CC[C@H]1C2. The summed E-state index contributed by atoms with van der Waals surface area (Å²) in [7, 11) is 0. The molecule has 0 saturated heterocycles. The molecule has 0 heterocycles. The van der Waals surface area contributed by atoms with Gasteiger partial charge < -0.3 is 5.32 Å². The second-order valence-electron chi connectivity index (χ2n) is 6.52. The molecule has 0 radical (unpaired) electrons. The van der Waals surface area contributed by atoms with Gasteiger partial charge in [-0.3, -0.25) is 4.79 Å². The Bertz CT molecular complexity index is 537. The molecule has 2 fully saturated rings. The van der Waals surface area contributed by atoms with Gasteiger partial charge in [-0.25, -0.2) is 0 Å². The highest BCUT2D eigenvalue weighted by molar-refractivity contribution is 9.10. The lowest BCUT2D eigenvalue weighted by Gasteiger charge is -2.28. The van der Waals surface area contributed by atoms with E-state index in [0.717, 1.165) is 21.9 Å². The van der Waals surface area contributed by atoms with Gasteiger partial charge in [-0.1, -0.05) is 34.5 Å². The third-order valence-electron chi connectivity index (χ3n) is 5.10. The predicted molar refractivity (Wildman–Crippen MR) is 89.7 cm³/mol. The minimum absolute atomic E-state index is 0.0215. The predicted octanol–water partition coefficient (Wildman–Crippen LogP) is 4.40. The summed E-state index contributed by atoms with van der Waals surface area (Å²) in [5.41, 5.74) is 1.04. The Labute approximate surface area is 135 Å². The van der Waals surface area contributed by atoms with Gasteiger partial charge in [-0.05, 0) is 67.7 Å². The van der Waals surface area contributed by atoms with Gasteiger partial charge in [0.25, 0.3) is 0 Å². The highest BCUT2D eigenvalue weighted by Gasteiger charge is 2.41. The second kappa shape index (κ2) is 6.35. The molecule has 0 aliphatic heterocycles. The largest absolute Gasteiger partial charge is 0.350 e. The van der Waals surface area contributed by atoms with Crippen molar-refractivity contribution >= 4 is 27.9 Å². The molecule has 3 rings (SSSR count). The molecular formula is C18H22BrNO. The number of rotatable bonds is 4. The van der Waals surface area contributed by atoms with Crippen LogP contribution in [0.4, 0.5) is 0 Å². The quantitative estimate of drug-likeness (QED) is 0.803. The first-order valence-electron chi connectivity index (χ1n) is 7.86. The maximum atomic E-state index is 12.0. The number of hydrogen-bond donors (Lipinski definition) is 1. The highest BCUT2D eigenvalue weighted by atomic mass is 79.9. The Kier molecular flexibility index (Phi) is 4.48. The molecule has 21 heavy (non-hydrogen) atoms. The van der Waals surface area contributed by atoms with Crippen LogP contribution in [0.15, 0.2) is 34.8 Å². The van der Waals surface area contributed by atoms with Crippen molar-refractivity contribution < 1.29 is 4.79 Å². The van der Waals surface area contributed by atoms with Crippen LogP contribution in [0.5, 0.6) is 0 Å². The maximum absolute atomic E-state index is 12.0. The van der Waals surface area contributed by atoms with E-state index in [1.165, 1.54) is 25.7 Å². The maximum Gasteiger partial charge on any atom is 0.244 e. The molecule has 2 aliphatic carbocycles. The van der Waals surface area contributed by atoms with Crippen LogP contribution in [0, 0.1) is 17.8 Å². The summed E-state index contributed by atoms with van der Waals surface area (Å²) in [4.78, 5) is 12.0. The van der Waals surface area contributed by atoms with Crippen LogP contribution in [0.2, 0.25) is 0 Å². The van der Waals surface area contributed by atoms with Crippen molar-refractivity contribution in [3.8, 4) is 0 Å². The summed E-state index contributed by atoms with van der Waals surface area (Å²) in [6.07, 6.45) is 8.99. The van der Waals surface area contributed by atoms with Crippen LogP contribution in [0.25, 0.3) is 6.08 Å². The lowest BCUT2D eigenvalue weighted by atomic mass is 9.84. The van der Waals surface area contributed by atoms with Gasteiger partial charge in [-0.2, -0.15) is 0 Å². The van der Waals surface area contributed by atoms with Crippen LogP contribution >= 0.6 is 15.9 Å². The Morgan fingerprint density at radius 3 is 2.67 bits per heavy atom. The number of halogens is 1. The molecule has 112 valence electrons. The molecule has 2 saturated carbocycles. The number of fused-ring (bicyclic) bond motifs is 2. The molecule has 3 heteroatoms. The molecule has 1 aromatic carbocycles. The molecule has 2 aliphatic rings. The monoisotopic (exact) mass is 347 g/mol. The first-order chi connectivity index (χ1) is 10.1. The van der Waals surface area contributed by atoms with Gasteiger partial charge in [0.2, 0.25) is 5.91 Å². The van der Waals surface area contributed by atoms with Crippen LogP contribution < -0.4 is 5.32 Å². The molecule has 0 spiro atoms. The molecule has 1 aromatic rings. The Morgan fingerprint density at radius 1 is 1.29 bits per heavy atom. The van der Waals surface area contributed by atoms with Gasteiger partial charge in [0.15, 0.2) is 0 Å². The molecular weight excluding hydrogens is 326 g/mol. The molecule has 2 bridgehead atoms. The summed E-state index contributed by atoms with van der Waals surface area (Å²) in [6.45, 7) is 2.16. The number of carbonyl (C=O) groups is 1. The fourth-order valence-electron chi connectivity index (χ4n) is 4.03. The van der Waals surface area contributed by atoms with Crippen LogP contribution in [0.1, 0.15) is 38.2 Å². The third-order valence-corrected chi connectivity index (χ3v) is 5.63. The number of benzene rings is 1. The average molecular weight is 348 g/mol. The van der Waals surface area contributed by atoms with E-state index in [-0.39, 0.29) is 5.91 Å². The van der Waals surface area contributed by atoms with Gasteiger partial charge >= 0.3 is 0 Å². The third kappa shape index (κ3) is 3.57. The molecule has 4 atom stereocenters. The number of nitrogens with one attached hydrogen (secondary N) is 1. The summed E-state index contributed by atoms with van der Waals surface area (Å²) < 4.78 is 1.05. The zero-order chi connectivity index (χ0) is 14.8. The van der Waals surface area contributed by atoms with Crippen molar-refractivity contribution in [2.75, 3.05) is 0 Å². The molecule has 0 aromatic heterocycles. The number of hydrogen-bond acceptors (Lipinski definition) is 1. The van der Waals surface area contributed by atoms with Crippen molar-refractivity contribution in [2.24, 2.45) is 17.8 Å². The lowest BCUT2D eigenvalue weighted by molar-refractivity contribution is -0.117. The lowest BCUT2D eigenvalue weighted by Crippen LogP contribution is -2.39. The van der Waals surface area contributed by atoms with Crippen molar-refractivity contribution in [3.05, 3.63) is 40.4 Å². The van der Waals surface area contributed by atoms with E-state index in [1.807, 2.05) is 30.3 Å². The minimum Gasteiger partial charge on any atom is -0.350 e. The zero-order valence-corrected chi connectivity index (χ0v) is 14.0. The molecule has 2 nitrogen and oxygen atoms in total. The van der Waals surface area contributed by atoms with Crippen LogP contribution in [0.3, 0.4) is 0 Å². The van der Waals surface area contributed by atoms with Crippen LogP contribution in [-0.4, -0.2) is 11.9 Å². The van der Waals surface area contributed by atoms with E-state index in [9.17, 15) is 4.79 Å². The summed E-state index contributed by atoms with van der Waals surface area (Å²) in [5, 5.41) is 3.15. The van der Waals surface area contributed by atoms with Gasteiger partial charge in [0, 0.05) is 16.6 Å². The van der Waals surface area contributed by atoms with E-state index in [0.29, 0.717) is 12.0 Å². The van der Waals surface area contributed by atoms with E-state index >= 15 is 0 Å². The molecule has 1 amide bonds. The second-order valence-corrected chi connectivity index (χ2v) is 7.44. The van der Waals surface area contributed by atoms with Crippen molar-refractivity contribution in [1.29, 1.82) is 0 Å². The van der Waals surface area contributed by atoms with Gasteiger partial charge in [0.1, 0.15) is 0 Å². The Hall–Kier alpha value is -1.09. The summed E-state index contributed by atoms with van der Waals surface area (Å²) in [5.74, 6) is 2.49. The first kappa shape index (κ1) is 14.8.